The van der Waals surface area contributed by atoms with E-state index in [1.54, 1.807) is 0 Å². The molecular formula is C32H40O3. The fourth-order valence-electron chi connectivity index (χ4n) is 4.60. The molecular weight excluding hydrogens is 432 g/mol. The molecule has 0 aliphatic rings. The van der Waals surface area contributed by atoms with Gasteiger partial charge in [0.05, 0.1) is 12.2 Å². The molecule has 0 saturated heterocycles. The van der Waals surface area contributed by atoms with Crippen LogP contribution in [0.4, 0.5) is 0 Å². The summed E-state index contributed by atoms with van der Waals surface area (Å²) in [5.74, 6) is 1.26. The van der Waals surface area contributed by atoms with Crippen molar-refractivity contribution in [1.29, 1.82) is 0 Å². The van der Waals surface area contributed by atoms with Crippen LogP contribution in [0, 0.1) is 0 Å². The van der Waals surface area contributed by atoms with Gasteiger partial charge in [-0.05, 0) is 54.2 Å². The zero-order chi connectivity index (χ0) is 24.9. The molecule has 3 aromatic carbocycles. The van der Waals surface area contributed by atoms with E-state index in [1.807, 2.05) is 60.7 Å². The summed E-state index contributed by atoms with van der Waals surface area (Å²) in [6, 6.07) is 23.4. The number of ether oxygens (including phenoxy) is 2. The Hall–Kier alpha value is -3.07. The number of hydrogen-bond acceptors (Lipinski definition) is 3. The minimum Gasteiger partial charge on any atom is -0.493 e. The highest BCUT2D eigenvalue weighted by atomic mass is 16.5. The second-order valence-electron chi connectivity index (χ2n) is 9.27. The molecule has 0 saturated carbocycles. The Bertz CT molecular complexity index is 1030. The Labute approximate surface area is 211 Å². The van der Waals surface area contributed by atoms with Crippen molar-refractivity contribution in [2.45, 2.75) is 78.1 Å². The molecule has 0 heterocycles. The molecule has 3 rings (SSSR count). The van der Waals surface area contributed by atoms with E-state index in [0.717, 1.165) is 41.7 Å². The Kier molecular flexibility index (Phi) is 10.9. The van der Waals surface area contributed by atoms with Gasteiger partial charge in [0, 0.05) is 5.56 Å². The van der Waals surface area contributed by atoms with Gasteiger partial charge in [0.1, 0.15) is 11.5 Å². The van der Waals surface area contributed by atoms with Crippen LogP contribution < -0.4 is 9.47 Å². The van der Waals surface area contributed by atoms with Gasteiger partial charge in [0.15, 0.2) is 0 Å². The van der Waals surface area contributed by atoms with Crippen molar-refractivity contribution in [3.8, 4) is 22.6 Å². The van der Waals surface area contributed by atoms with Crippen LogP contribution >= 0.6 is 0 Å². The van der Waals surface area contributed by atoms with Gasteiger partial charge in [-0.15, -0.1) is 0 Å². The smallest absolute Gasteiger partial charge is 0.343 e. The maximum atomic E-state index is 13.4. The Morgan fingerprint density at radius 3 is 2.11 bits per heavy atom. The number of hydrogen-bond donors (Lipinski definition) is 0. The van der Waals surface area contributed by atoms with E-state index < -0.39 is 0 Å². The maximum Gasteiger partial charge on any atom is 0.343 e. The largest absolute Gasteiger partial charge is 0.493 e. The normalized spacial score (nSPS) is 11.7. The van der Waals surface area contributed by atoms with E-state index in [0.29, 0.717) is 17.9 Å². The number of benzene rings is 3. The van der Waals surface area contributed by atoms with Crippen LogP contribution in [-0.4, -0.2) is 12.6 Å². The zero-order valence-corrected chi connectivity index (χ0v) is 21.6. The minimum atomic E-state index is -0.325. The first-order valence-electron chi connectivity index (χ1n) is 13.3. The average molecular weight is 473 g/mol. The monoisotopic (exact) mass is 472 g/mol. The number of esters is 1. The average Bonchev–Trinajstić information content (AvgIpc) is 2.89. The first kappa shape index (κ1) is 26.5. The van der Waals surface area contributed by atoms with Crippen LogP contribution in [0.3, 0.4) is 0 Å². The third-order valence-corrected chi connectivity index (χ3v) is 6.41. The Morgan fingerprint density at radius 1 is 0.771 bits per heavy atom. The summed E-state index contributed by atoms with van der Waals surface area (Å²) in [6.45, 7) is 7.30. The van der Waals surface area contributed by atoms with Crippen LogP contribution in [0.25, 0.3) is 11.1 Å². The van der Waals surface area contributed by atoms with Crippen LogP contribution in [0.15, 0.2) is 72.8 Å². The Balaban J connectivity index is 1.95. The molecule has 1 atom stereocenters. The molecule has 186 valence electrons. The van der Waals surface area contributed by atoms with Crippen molar-refractivity contribution in [3.63, 3.8) is 0 Å². The van der Waals surface area contributed by atoms with E-state index in [4.69, 9.17) is 9.47 Å². The van der Waals surface area contributed by atoms with Gasteiger partial charge < -0.3 is 9.47 Å². The lowest BCUT2D eigenvalue weighted by Crippen LogP contribution is -2.15. The molecule has 1 unspecified atom stereocenters. The van der Waals surface area contributed by atoms with Crippen LogP contribution in [-0.2, 0) is 0 Å². The van der Waals surface area contributed by atoms with Gasteiger partial charge in [-0.2, -0.15) is 0 Å². The van der Waals surface area contributed by atoms with E-state index in [9.17, 15) is 4.79 Å². The highest BCUT2D eigenvalue weighted by Gasteiger charge is 2.25. The molecule has 3 aromatic rings. The SMILES string of the molecule is CCCCCCCCOc1ccc(C(=O)Oc2ccccc2)c(C(C)CCC)c1-c1ccccc1. The van der Waals surface area contributed by atoms with Crippen molar-refractivity contribution in [2.24, 2.45) is 0 Å². The third kappa shape index (κ3) is 7.71. The summed E-state index contributed by atoms with van der Waals surface area (Å²) in [6.07, 6.45) is 9.34. The molecule has 3 nitrogen and oxygen atoms in total. The minimum absolute atomic E-state index is 0.186. The highest BCUT2D eigenvalue weighted by molar-refractivity contribution is 5.96. The van der Waals surface area contributed by atoms with Crippen LogP contribution in [0.1, 0.15) is 94.0 Å². The lowest BCUT2D eigenvalue weighted by molar-refractivity contribution is 0.0733. The van der Waals surface area contributed by atoms with Crippen molar-refractivity contribution in [3.05, 3.63) is 83.9 Å². The van der Waals surface area contributed by atoms with E-state index in [-0.39, 0.29) is 11.9 Å². The predicted octanol–water partition coefficient (Wildman–Crippen LogP) is 9.22. The summed E-state index contributed by atoms with van der Waals surface area (Å²) in [4.78, 5) is 13.4. The number of para-hydroxylation sites is 1. The number of rotatable bonds is 14. The van der Waals surface area contributed by atoms with Gasteiger partial charge >= 0.3 is 5.97 Å². The molecule has 0 amide bonds. The van der Waals surface area contributed by atoms with Crippen LogP contribution in [0.5, 0.6) is 11.5 Å². The zero-order valence-electron chi connectivity index (χ0n) is 21.6. The highest BCUT2D eigenvalue weighted by Crippen LogP contribution is 2.41. The van der Waals surface area contributed by atoms with Gasteiger partial charge in [-0.25, -0.2) is 4.79 Å². The molecule has 35 heavy (non-hydrogen) atoms. The summed E-state index contributed by atoms with van der Waals surface area (Å²) in [5, 5.41) is 0. The van der Waals surface area contributed by atoms with E-state index in [2.05, 4.69) is 32.9 Å². The molecule has 0 bridgehead atoms. The van der Waals surface area contributed by atoms with Crippen molar-refractivity contribution < 1.29 is 14.3 Å². The van der Waals surface area contributed by atoms with E-state index >= 15 is 0 Å². The lowest BCUT2D eigenvalue weighted by atomic mass is 9.85. The third-order valence-electron chi connectivity index (χ3n) is 6.41. The van der Waals surface area contributed by atoms with Crippen LogP contribution in [0.2, 0.25) is 0 Å². The molecule has 0 aromatic heterocycles. The standard InChI is InChI=1S/C32H40O3/c1-4-6-7-8-9-16-24-34-29-23-22-28(32(33)35-27-20-14-11-15-21-27)30(25(3)17-5-2)31(29)26-18-12-10-13-19-26/h10-15,18-23,25H,4-9,16-17,24H2,1-3H3. The molecule has 0 fully saturated rings. The van der Waals surface area contributed by atoms with E-state index in [1.165, 1.54) is 32.1 Å². The summed E-state index contributed by atoms with van der Waals surface area (Å²) in [7, 11) is 0. The maximum absolute atomic E-state index is 13.4. The Morgan fingerprint density at radius 2 is 1.43 bits per heavy atom. The van der Waals surface area contributed by atoms with Gasteiger partial charge in [0.25, 0.3) is 0 Å². The van der Waals surface area contributed by atoms with Crippen molar-refractivity contribution in [1.82, 2.24) is 0 Å². The second-order valence-corrected chi connectivity index (χ2v) is 9.27. The molecule has 3 heteroatoms. The van der Waals surface area contributed by atoms with Gasteiger partial charge in [0.2, 0.25) is 0 Å². The molecule has 0 N–H and O–H groups in total. The molecule has 0 spiro atoms. The summed E-state index contributed by atoms with van der Waals surface area (Å²) >= 11 is 0. The molecule has 0 aliphatic carbocycles. The fourth-order valence-corrected chi connectivity index (χ4v) is 4.60. The first-order valence-corrected chi connectivity index (χ1v) is 13.3. The number of carbonyl (C=O) groups is 1. The predicted molar refractivity (Wildman–Crippen MR) is 145 cm³/mol. The quantitative estimate of drug-likeness (QED) is 0.133. The van der Waals surface area contributed by atoms with Crippen molar-refractivity contribution >= 4 is 5.97 Å². The molecule has 0 radical (unpaired) electrons. The van der Waals surface area contributed by atoms with Gasteiger partial charge in [-0.3, -0.25) is 0 Å². The topological polar surface area (TPSA) is 35.5 Å². The summed E-state index contributed by atoms with van der Waals surface area (Å²) in [5.41, 5.74) is 3.71. The summed E-state index contributed by atoms with van der Waals surface area (Å²) < 4.78 is 12.1. The first-order chi connectivity index (χ1) is 17.2. The molecule has 0 aliphatic heterocycles. The fraction of sp³-hybridized carbons (Fsp3) is 0.406. The van der Waals surface area contributed by atoms with Gasteiger partial charge in [-0.1, -0.05) is 108 Å². The lowest BCUT2D eigenvalue weighted by Gasteiger charge is -2.23. The number of unbranched alkanes of at least 4 members (excludes halogenated alkanes) is 5. The second kappa shape index (κ2) is 14.4. The number of carbonyl (C=O) groups excluding carboxylic acids is 1. The van der Waals surface area contributed by atoms with Crippen molar-refractivity contribution in [2.75, 3.05) is 6.61 Å².